The van der Waals surface area contributed by atoms with Crippen LogP contribution in [-0.4, -0.2) is 24.0 Å². The second-order valence-electron chi connectivity index (χ2n) is 4.28. The average Bonchev–Trinajstić information content (AvgIpc) is 2.42. The van der Waals surface area contributed by atoms with Gasteiger partial charge in [0.2, 0.25) is 5.91 Å². The number of amides is 1. The lowest BCUT2D eigenvalue weighted by atomic mass is 10.1. The SMILES string of the molecule is CCc1ccc(CNC(=O)[C@@H](N)CCSC)cc1. The van der Waals surface area contributed by atoms with Crippen LogP contribution in [0.1, 0.15) is 24.5 Å². The molecule has 0 aliphatic carbocycles. The highest BCUT2D eigenvalue weighted by molar-refractivity contribution is 7.98. The van der Waals surface area contributed by atoms with Crippen LogP contribution in [0.5, 0.6) is 0 Å². The van der Waals surface area contributed by atoms with Gasteiger partial charge < -0.3 is 11.1 Å². The van der Waals surface area contributed by atoms with Crippen LogP contribution >= 0.6 is 11.8 Å². The van der Waals surface area contributed by atoms with Crippen molar-refractivity contribution in [2.75, 3.05) is 12.0 Å². The lowest BCUT2D eigenvalue weighted by Gasteiger charge is -2.11. The zero-order valence-corrected chi connectivity index (χ0v) is 11.9. The van der Waals surface area contributed by atoms with Gasteiger partial charge in [-0.2, -0.15) is 11.8 Å². The van der Waals surface area contributed by atoms with E-state index in [1.807, 2.05) is 18.4 Å². The van der Waals surface area contributed by atoms with Crippen molar-refractivity contribution in [3.05, 3.63) is 35.4 Å². The predicted octanol–water partition coefficient (Wildman–Crippen LogP) is 1.95. The third-order valence-electron chi connectivity index (χ3n) is 2.87. The first kappa shape index (κ1) is 15.1. The minimum atomic E-state index is -0.396. The van der Waals surface area contributed by atoms with E-state index < -0.39 is 6.04 Å². The minimum absolute atomic E-state index is 0.0661. The Hall–Kier alpha value is -1.00. The van der Waals surface area contributed by atoms with Crippen LogP contribution in [0, 0.1) is 0 Å². The Kier molecular flexibility index (Phi) is 6.83. The summed E-state index contributed by atoms with van der Waals surface area (Å²) in [5.41, 5.74) is 8.20. The van der Waals surface area contributed by atoms with Gasteiger partial charge in [-0.05, 0) is 36.0 Å². The maximum atomic E-state index is 11.7. The fourth-order valence-corrected chi connectivity index (χ4v) is 2.08. The van der Waals surface area contributed by atoms with Crippen LogP contribution in [-0.2, 0) is 17.8 Å². The number of thioether (sulfide) groups is 1. The van der Waals surface area contributed by atoms with E-state index in [-0.39, 0.29) is 5.91 Å². The van der Waals surface area contributed by atoms with Crippen molar-refractivity contribution >= 4 is 17.7 Å². The minimum Gasteiger partial charge on any atom is -0.351 e. The molecule has 3 nitrogen and oxygen atoms in total. The van der Waals surface area contributed by atoms with Gasteiger partial charge in [0.15, 0.2) is 0 Å². The van der Waals surface area contributed by atoms with E-state index in [2.05, 4.69) is 24.4 Å². The molecule has 0 heterocycles. The fourth-order valence-electron chi connectivity index (χ4n) is 1.59. The third kappa shape index (κ3) is 5.10. The second kappa shape index (κ2) is 8.16. The normalized spacial score (nSPS) is 12.2. The number of benzene rings is 1. The number of aryl methyl sites for hydroxylation is 1. The highest BCUT2D eigenvalue weighted by Crippen LogP contribution is 2.05. The number of nitrogens with two attached hydrogens (primary N) is 1. The first-order valence-electron chi connectivity index (χ1n) is 6.27. The van der Waals surface area contributed by atoms with Crippen LogP contribution in [0.3, 0.4) is 0 Å². The standard InChI is InChI=1S/C14H22N2OS/c1-3-11-4-6-12(7-5-11)10-16-14(17)13(15)8-9-18-2/h4-7,13H,3,8-10,15H2,1-2H3,(H,16,17)/t13-/m0/s1. The Bertz CT molecular complexity index is 365. The van der Waals surface area contributed by atoms with Gasteiger partial charge in [-0.15, -0.1) is 0 Å². The zero-order valence-electron chi connectivity index (χ0n) is 11.1. The van der Waals surface area contributed by atoms with Gasteiger partial charge in [0.25, 0.3) is 0 Å². The quantitative estimate of drug-likeness (QED) is 0.793. The molecule has 1 amide bonds. The van der Waals surface area contributed by atoms with Crippen LogP contribution in [0.4, 0.5) is 0 Å². The summed E-state index contributed by atoms with van der Waals surface area (Å²) < 4.78 is 0. The van der Waals surface area contributed by atoms with E-state index in [9.17, 15) is 4.79 Å². The van der Waals surface area contributed by atoms with Crippen molar-refractivity contribution in [2.45, 2.75) is 32.4 Å². The van der Waals surface area contributed by atoms with Crippen LogP contribution < -0.4 is 11.1 Å². The van der Waals surface area contributed by atoms with Crippen LogP contribution in [0.2, 0.25) is 0 Å². The Morgan fingerprint density at radius 2 is 1.94 bits per heavy atom. The summed E-state index contributed by atoms with van der Waals surface area (Å²) in [4.78, 5) is 11.7. The largest absolute Gasteiger partial charge is 0.351 e. The van der Waals surface area contributed by atoms with Gasteiger partial charge in [-0.3, -0.25) is 4.79 Å². The third-order valence-corrected chi connectivity index (χ3v) is 3.51. The molecule has 100 valence electrons. The van der Waals surface area contributed by atoms with Gasteiger partial charge in [0.05, 0.1) is 6.04 Å². The molecule has 0 saturated heterocycles. The fraction of sp³-hybridized carbons (Fsp3) is 0.500. The molecule has 1 aromatic rings. The van der Waals surface area contributed by atoms with Crippen molar-refractivity contribution in [3.63, 3.8) is 0 Å². The van der Waals surface area contributed by atoms with E-state index >= 15 is 0 Å². The number of carbonyl (C=O) groups is 1. The summed E-state index contributed by atoms with van der Waals surface area (Å²) in [5.74, 6) is 0.850. The predicted molar refractivity (Wildman–Crippen MR) is 78.6 cm³/mol. The van der Waals surface area contributed by atoms with Crippen molar-refractivity contribution in [3.8, 4) is 0 Å². The molecule has 4 heteroatoms. The van der Waals surface area contributed by atoms with Gasteiger partial charge >= 0.3 is 0 Å². The summed E-state index contributed by atoms with van der Waals surface area (Å²) in [7, 11) is 0. The van der Waals surface area contributed by atoms with Gasteiger partial charge in [0.1, 0.15) is 0 Å². The zero-order chi connectivity index (χ0) is 13.4. The van der Waals surface area contributed by atoms with Crippen LogP contribution in [0.15, 0.2) is 24.3 Å². The Morgan fingerprint density at radius 3 is 2.50 bits per heavy atom. The molecule has 0 spiro atoms. The van der Waals surface area contributed by atoms with Crippen molar-refractivity contribution in [2.24, 2.45) is 5.73 Å². The molecule has 1 aromatic carbocycles. The molecule has 0 aromatic heterocycles. The average molecular weight is 266 g/mol. The van der Waals surface area contributed by atoms with Crippen molar-refractivity contribution in [1.82, 2.24) is 5.32 Å². The Morgan fingerprint density at radius 1 is 1.33 bits per heavy atom. The molecular weight excluding hydrogens is 244 g/mol. The maximum absolute atomic E-state index is 11.7. The highest BCUT2D eigenvalue weighted by atomic mass is 32.2. The van der Waals surface area contributed by atoms with Crippen LogP contribution in [0.25, 0.3) is 0 Å². The molecule has 0 bridgehead atoms. The number of rotatable bonds is 7. The Balaban J connectivity index is 2.37. The molecule has 0 saturated carbocycles. The van der Waals surface area contributed by atoms with Crippen molar-refractivity contribution < 1.29 is 4.79 Å². The molecule has 0 aliphatic rings. The van der Waals surface area contributed by atoms with Gasteiger partial charge in [-0.1, -0.05) is 31.2 Å². The molecule has 0 unspecified atom stereocenters. The van der Waals surface area contributed by atoms with E-state index in [0.717, 1.165) is 24.2 Å². The summed E-state index contributed by atoms with van der Waals surface area (Å²) in [5, 5.41) is 2.87. The Labute approximate surface area is 114 Å². The lowest BCUT2D eigenvalue weighted by Crippen LogP contribution is -2.40. The molecule has 1 rings (SSSR count). The second-order valence-corrected chi connectivity index (χ2v) is 5.26. The number of carbonyl (C=O) groups excluding carboxylic acids is 1. The van der Waals surface area contributed by atoms with Gasteiger partial charge in [-0.25, -0.2) is 0 Å². The van der Waals surface area contributed by atoms with E-state index in [1.54, 1.807) is 11.8 Å². The number of nitrogens with one attached hydrogen (secondary N) is 1. The highest BCUT2D eigenvalue weighted by Gasteiger charge is 2.11. The summed E-state index contributed by atoms with van der Waals surface area (Å²) in [6.45, 7) is 2.68. The molecule has 18 heavy (non-hydrogen) atoms. The van der Waals surface area contributed by atoms with E-state index in [1.165, 1.54) is 5.56 Å². The first-order valence-corrected chi connectivity index (χ1v) is 7.66. The number of hydrogen-bond donors (Lipinski definition) is 2. The molecular formula is C14H22N2OS. The lowest BCUT2D eigenvalue weighted by molar-refractivity contribution is -0.122. The smallest absolute Gasteiger partial charge is 0.237 e. The molecule has 0 aliphatic heterocycles. The van der Waals surface area contributed by atoms with E-state index in [4.69, 9.17) is 5.73 Å². The summed E-state index contributed by atoms with van der Waals surface area (Å²) in [6, 6.07) is 7.89. The topological polar surface area (TPSA) is 55.1 Å². The van der Waals surface area contributed by atoms with E-state index in [0.29, 0.717) is 6.54 Å². The summed E-state index contributed by atoms with van der Waals surface area (Å²) >= 11 is 1.71. The maximum Gasteiger partial charge on any atom is 0.237 e. The summed E-state index contributed by atoms with van der Waals surface area (Å²) in [6.07, 6.45) is 3.77. The van der Waals surface area contributed by atoms with Crippen molar-refractivity contribution in [1.29, 1.82) is 0 Å². The molecule has 1 atom stereocenters. The number of hydrogen-bond acceptors (Lipinski definition) is 3. The monoisotopic (exact) mass is 266 g/mol. The molecule has 0 radical (unpaired) electrons. The first-order chi connectivity index (χ1) is 8.67. The van der Waals surface area contributed by atoms with Gasteiger partial charge in [0, 0.05) is 6.54 Å². The molecule has 3 N–H and O–H groups in total. The molecule has 0 fully saturated rings.